The van der Waals surface area contributed by atoms with Crippen molar-refractivity contribution < 1.29 is 29.1 Å². The van der Waals surface area contributed by atoms with Crippen LogP contribution >= 0.6 is 11.8 Å². The smallest absolute Gasteiger partial charge is 0.326 e. The van der Waals surface area contributed by atoms with E-state index in [1.54, 1.807) is 6.92 Å². The highest BCUT2D eigenvalue weighted by atomic mass is 32.2. The summed E-state index contributed by atoms with van der Waals surface area (Å²) in [6.45, 7) is 8.38. The number of nitrogens with one attached hydrogen (secondary N) is 3. The minimum atomic E-state index is -1.15. The van der Waals surface area contributed by atoms with Crippen molar-refractivity contribution in [3.8, 4) is 0 Å². The van der Waals surface area contributed by atoms with Crippen LogP contribution in [-0.2, 0) is 24.0 Å². The van der Waals surface area contributed by atoms with Gasteiger partial charge in [0.25, 0.3) is 0 Å². The molecular formula is C28H52N6O6S. The second-order valence-corrected chi connectivity index (χ2v) is 12.0. The molecule has 0 bridgehead atoms. The number of unbranched alkanes of at least 4 members (excludes halogenated alkanes) is 1. The summed E-state index contributed by atoms with van der Waals surface area (Å²) in [5.74, 6) is -2.72. The van der Waals surface area contributed by atoms with Gasteiger partial charge in [0, 0.05) is 6.54 Å². The van der Waals surface area contributed by atoms with Crippen LogP contribution in [-0.4, -0.2) is 94.9 Å². The number of hydrogen-bond donors (Lipinski definition) is 6. The Labute approximate surface area is 248 Å². The number of likely N-dealkylation sites (tertiary alicyclic amines) is 1. The van der Waals surface area contributed by atoms with E-state index in [2.05, 4.69) is 16.0 Å². The van der Waals surface area contributed by atoms with E-state index < -0.39 is 53.9 Å². The Kier molecular flexibility index (Phi) is 16.9. The van der Waals surface area contributed by atoms with Crippen LogP contribution in [0.1, 0.15) is 79.1 Å². The largest absolute Gasteiger partial charge is 0.480 e. The molecule has 7 atom stereocenters. The lowest BCUT2D eigenvalue weighted by Gasteiger charge is -2.31. The van der Waals surface area contributed by atoms with E-state index in [9.17, 15) is 29.1 Å². The molecule has 1 rings (SSSR count). The van der Waals surface area contributed by atoms with Crippen LogP contribution in [0.15, 0.2) is 0 Å². The molecule has 236 valence electrons. The average molecular weight is 601 g/mol. The molecule has 0 aliphatic carbocycles. The topological polar surface area (TPSA) is 197 Å². The maximum Gasteiger partial charge on any atom is 0.326 e. The van der Waals surface area contributed by atoms with Gasteiger partial charge >= 0.3 is 5.97 Å². The normalized spacial score (nSPS) is 19.4. The van der Waals surface area contributed by atoms with E-state index in [4.69, 9.17) is 11.5 Å². The highest BCUT2D eigenvalue weighted by Gasteiger charge is 2.39. The van der Waals surface area contributed by atoms with E-state index >= 15 is 0 Å². The molecule has 12 nitrogen and oxygen atoms in total. The standard InChI is InChI=1S/C28H52N6O6S/c1-6-17(3)22(30)27(38)34-15-10-12-21(34)25(36)31-19(13-16-41-5)24(35)33-23(18(4)7-2)26(37)32-20(28(39)40)11-8-9-14-29/h17-23H,6-16,29-30H2,1-5H3,(H,31,36)(H,32,37)(H,33,35)(H,39,40)/t17-,18+,19+,20+,21+,22+,23+/m1/s1. The monoisotopic (exact) mass is 600 g/mol. The lowest BCUT2D eigenvalue weighted by molar-refractivity contribution is -0.143. The second kappa shape index (κ2) is 18.9. The summed E-state index contributed by atoms with van der Waals surface area (Å²) in [5, 5.41) is 17.7. The number of amides is 4. The van der Waals surface area contributed by atoms with Gasteiger partial charge < -0.3 is 37.4 Å². The Morgan fingerprint density at radius 2 is 1.61 bits per heavy atom. The van der Waals surface area contributed by atoms with Gasteiger partial charge in [0.05, 0.1) is 6.04 Å². The third-order valence-corrected chi connectivity index (χ3v) is 8.62. The molecule has 1 fully saturated rings. The van der Waals surface area contributed by atoms with Crippen LogP contribution in [0.3, 0.4) is 0 Å². The van der Waals surface area contributed by atoms with E-state index in [1.165, 1.54) is 16.7 Å². The number of carbonyl (C=O) groups excluding carboxylic acids is 4. The predicted octanol–water partition coefficient (Wildman–Crippen LogP) is 0.818. The number of carbonyl (C=O) groups is 5. The number of thioether (sulfide) groups is 1. The van der Waals surface area contributed by atoms with E-state index in [-0.39, 0.29) is 24.2 Å². The molecule has 1 aliphatic rings. The highest BCUT2D eigenvalue weighted by molar-refractivity contribution is 7.98. The van der Waals surface area contributed by atoms with Crippen molar-refractivity contribution in [3.63, 3.8) is 0 Å². The zero-order chi connectivity index (χ0) is 31.1. The number of carboxylic acid groups (broad SMARTS) is 1. The lowest BCUT2D eigenvalue weighted by Crippen LogP contribution is -2.59. The van der Waals surface area contributed by atoms with E-state index in [0.717, 1.165) is 6.42 Å². The molecule has 0 radical (unpaired) electrons. The Hall–Kier alpha value is -2.38. The number of hydrogen-bond acceptors (Lipinski definition) is 8. The van der Waals surface area contributed by atoms with E-state index in [1.807, 2.05) is 27.0 Å². The maximum absolute atomic E-state index is 13.5. The zero-order valence-corrected chi connectivity index (χ0v) is 26.1. The van der Waals surface area contributed by atoms with Crippen molar-refractivity contribution in [2.75, 3.05) is 25.1 Å². The molecule has 4 amide bonds. The molecule has 0 unspecified atom stereocenters. The van der Waals surface area contributed by atoms with Gasteiger partial charge in [0.2, 0.25) is 23.6 Å². The summed E-state index contributed by atoms with van der Waals surface area (Å²) >= 11 is 1.51. The minimum absolute atomic E-state index is 0.0306. The van der Waals surface area contributed by atoms with Crippen molar-refractivity contribution >= 4 is 41.4 Å². The molecule has 1 heterocycles. The van der Waals surface area contributed by atoms with Crippen LogP contribution in [0.5, 0.6) is 0 Å². The molecule has 0 aromatic rings. The third kappa shape index (κ3) is 11.4. The second-order valence-electron chi connectivity index (χ2n) is 11.0. The number of carboxylic acids is 1. The molecule has 8 N–H and O–H groups in total. The first kappa shape index (κ1) is 36.6. The number of nitrogens with zero attached hydrogens (tertiary/aromatic N) is 1. The quantitative estimate of drug-likeness (QED) is 0.116. The molecule has 0 spiro atoms. The molecule has 0 aromatic heterocycles. The lowest BCUT2D eigenvalue weighted by atomic mass is 9.97. The SMILES string of the molecule is CC[C@@H](C)[C@H](N)C(=O)N1CCC[C@H]1C(=O)N[C@@H](CCSC)C(=O)N[C@H](C(=O)N[C@@H](CCCCN)C(=O)O)[C@@H](C)CC. The van der Waals surface area contributed by atoms with Gasteiger partial charge in [-0.05, 0) is 68.9 Å². The first-order valence-electron chi connectivity index (χ1n) is 14.8. The van der Waals surface area contributed by atoms with Gasteiger partial charge in [-0.25, -0.2) is 4.79 Å². The van der Waals surface area contributed by atoms with Crippen molar-refractivity contribution in [2.45, 2.75) is 109 Å². The summed E-state index contributed by atoms with van der Waals surface area (Å²) in [6.07, 6.45) is 6.03. The summed E-state index contributed by atoms with van der Waals surface area (Å²) in [6, 6.07) is -4.45. The molecule has 0 saturated carbocycles. The molecular weight excluding hydrogens is 548 g/mol. The number of rotatable bonds is 19. The average Bonchev–Trinajstić information content (AvgIpc) is 3.45. The van der Waals surface area contributed by atoms with Gasteiger partial charge in [-0.3, -0.25) is 19.2 Å². The number of nitrogens with two attached hydrogens (primary N) is 2. The first-order valence-corrected chi connectivity index (χ1v) is 16.2. The van der Waals surface area contributed by atoms with Gasteiger partial charge in [0.15, 0.2) is 0 Å². The fourth-order valence-electron chi connectivity index (χ4n) is 4.73. The van der Waals surface area contributed by atoms with Crippen molar-refractivity contribution in [1.82, 2.24) is 20.9 Å². The van der Waals surface area contributed by atoms with Gasteiger partial charge in [-0.15, -0.1) is 0 Å². The first-order chi connectivity index (χ1) is 19.4. The summed E-state index contributed by atoms with van der Waals surface area (Å²) < 4.78 is 0. The van der Waals surface area contributed by atoms with Crippen molar-refractivity contribution in [1.29, 1.82) is 0 Å². The number of aliphatic carboxylic acids is 1. The summed E-state index contributed by atoms with van der Waals surface area (Å²) in [4.78, 5) is 66.3. The Morgan fingerprint density at radius 1 is 0.951 bits per heavy atom. The molecule has 41 heavy (non-hydrogen) atoms. The molecule has 1 aliphatic heterocycles. The Balaban J connectivity index is 3.04. The fraction of sp³-hybridized carbons (Fsp3) is 0.821. The summed E-state index contributed by atoms with van der Waals surface area (Å²) in [5.41, 5.74) is 11.7. The zero-order valence-electron chi connectivity index (χ0n) is 25.3. The van der Waals surface area contributed by atoms with Crippen LogP contribution in [0.2, 0.25) is 0 Å². The van der Waals surface area contributed by atoms with E-state index in [0.29, 0.717) is 57.4 Å². The van der Waals surface area contributed by atoms with Crippen LogP contribution in [0.25, 0.3) is 0 Å². The van der Waals surface area contributed by atoms with Gasteiger partial charge in [-0.1, -0.05) is 40.5 Å². The summed E-state index contributed by atoms with van der Waals surface area (Å²) in [7, 11) is 0. The van der Waals surface area contributed by atoms with Crippen molar-refractivity contribution in [2.24, 2.45) is 23.3 Å². The van der Waals surface area contributed by atoms with Gasteiger partial charge in [0.1, 0.15) is 24.2 Å². The van der Waals surface area contributed by atoms with Crippen LogP contribution in [0, 0.1) is 11.8 Å². The predicted molar refractivity (Wildman–Crippen MR) is 161 cm³/mol. The van der Waals surface area contributed by atoms with Gasteiger partial charge in [-0.2, -0.15) is 11.8 Å². The molecule has 13 heteroatoms. The van der Waals surface area contributed by atoms with Crippen LogP contribution in [0.4, 0.5) is 0 Å². The van der Waals surface area contributed by atoms with Crippen LogP contribution < -0.4 is 27.4 Å². The maximum atomic E-state index is 13.5. The Morgan fingerprint density at radius 3 is 2.17 bits per heavy atom. The molecule has 0 aromatic carbocycles. The Bertz CT molecular complexity index is 877. The fourth-order valence-corrected chi connectivity index (χ4v) is 5.20. The third-order valence-electron chi connectivity index (χ3n) is 7.98. The highest BCUT2D eigenvalue weighted by Crippen LogP contribution is 2.21. The van der Waals surface area contributed by atoms with Crippen molar-refractivity contribution in [3.05, 3.63) is 0 Å². The minimum Gasteiger partial charge on any atom is -0.480 e. The molecule has 1 saturated heterocycles.